The first-order valence-corrected chi connectivity index (χ1v) is 4.30. The van der Waals surface area contributed by atoms with Crippen molar-refractivity contribution < 1.29 is 4.79 Å². The second-order valence-corrected chi connectivity index (χ2v) is 3.03. The van der Waals surface area contributed by atoms with E-state index < -0.39 is 0 Å². The van der Waals surface area contributed by atoms with Crippen LogP contribution < -0.4 is 0 Å². The molecule has 1 saturated carbocycles. The van der Waals surface area contributed by atoms with Gasteiger partial charge in [-0.05, 0) is 24.8 Å². The van der Waals surface area contributed by atoms with E-state index in [1.165, 1.54) is 38.2 Å². The first-order chi connectivity index (χ1) is 5.43. The summed E-state index contributed by atoms with van der Waals surface area (Å²) in [5, 5.41) is 0. The summed E-state index contributed by atoms with van der Waals surface area (Å²) < 4.78 is 0. The molecular formula is C10H14O. The molecule has 0 unspecified atom stereocenters. The molecule has 0 N–H and O–H groups in total. The fourth-order valence-corrected chi connectivity index (χ4v) is 1.53. The molecule has 0 heterocycles. The van der Waals surface area contributed by atoms with Crippen molar-refractivity contribution in [3.63, 3.8) is 0 Å². The Morgan fingerprint density at radius 1 is 1.18 bits per heavy atom. The highest BCUT2D eigenvalue weighted by Crippen LogP contribution is 2.23. The average molecular weight is 150 g/mol. The lowest BCUT2D eigenvalue weighted by Gasteiger charge is -2.16. The molecule has 0 radical (unpaired) electrons. The average Bonchev–Trinajstić information content (AvgIpc) is 2.07. The lowest BCUT2D eigenvalue weighted by Crippen LogP contribution is -2.01. The van der Waals surface area contributed by atoms with Crippen LogP contribution in [0.2, 0.25) is 0 Å². The second kappa shape index (κ2) is 4.92. The zero-order valence-electron chi connectivity index (χ0n) is 6.75. The molecule has 1 fully saturated rings. The van der Waals surface area contributed by atoms with Crippen LogP contribution in [0.1, 0.15) is 32.1 Å². The summed E-state index contributed by atoms with van der Waals surface area (Å²) in [6, 6.07) is 0. The molecule has 0 aromatic heterocycles. The van der Waals surface area contributed by atoms with Crippen LogP contribution in [0.3, 0.4) is 0 Å². The minimum absolute atomic E-state index is 0.681. The third kappa shape index (κ3) is 3.20. The molecular weight excluding hydrogens is 136 g/mol. The maximum atomic E-state index is 9.91. The van der Waals surface area contributed by atoms with Gasteiger partial charge in [-0.2, -0.15) is 0 Å². The monoisotopic (exact) mass is 150 g/mol. The maximum absolute atomic E-state index is 9.91. The second-order valence-electron chi connectivity index (χ2n) is 3.03. The Hall–Kier alpha value is -0.810. The molecule has 0 aromatic carbocycles. The number of hydrogen-bond donors (Lipinski definition) is 0. The molecule has 1 rings (SSSR count). The number of allylic oxidation sites excluding steroid dienone is 1. The Kier molecular flexibility index (Phi) is 3.71. The summed E-state index contributed by atoms with van der Waals surface area (Å²) in [5.41, 5.74) is 2.89. The highest BCUT2D eigenvalue weighted by atomic mass is 16.1. The molecule has 60 valence electrons. The van der Waals surface area contributed by atoms with Crippen LogP contribution in [0.15, 0.2) is 17.9 Å². The molecule has 0 aromatic rings. The lowest BCUT2D eigenvalue weighted by atomic mass is 9.89. The van der Waals surface area contributed by atoms with Crippen LogP contribution in [0, 0.1) is 5.92 Å². The Balaban J connectivity index is 2.34. The molecule has 0 atom stereocenters. The lowest BCUT2D eigenvalue weighted by molar-refractivity contribution is -0.104. The summed E-state index contributed by atoms with van der Waals surface area (Å²) in [5.74, 6) is 0.681. The van der Waals surface area contributed by atoms with Gasteiger partial charge in [0.25, 0.3) is 0 Å². The van der Waals surface area contributed by atoms with Gasteiger partial charge in [-0.25, -0.2) is 0 Å². The normalized spacial score (nSPS) is 18.5. The van der Waals surface area contributed by atoms with Crippen LogP contribution in [0.4, 0.5) is 0 Å². The number of carbonyl (C=O) groups excluding carboxylic acids is 1. The molecule has 1 nitrogen and oxygen atoms in total. The van der Waals surface area contributed by atoms with Crippen LogP contribution >= 0.6 is 0 Å². The summed E-state index contributed by atoms with van der Waals surface area (Å²) in [6.45, 7) is 0. The summed E-state index contributed by atoms with van der Waals surface area (Å²) in [7, 11) is 0. The van der Waals surface area contributed by atoms with Crippen molar-refractivity contribution in [2.45, 2.75) is 32.1 Å². The van der Waals surface area contributed by atoms with E-state index in [0.29, 0.717) is 5.92 Å². The van der Waals surface area contributed by atoms with Gasteiger partial charge in [0, 0.05) is 6.08 Å². The first-order valence-electron chi connectivity index (χ1n) is 4.30. The quantitative estimate of drug-likeness (QED) is 0.336. The van der Waals surface area contributed by atoms with Gasteiger partial charge in [0.15, 0.2) is 6.29 Å². The Morgan fingerprint density at radius 2 is 1.91 bits per heavy atom. The zero-order chi connectivity index (χ0) is 7.94. The van der Waals surface area contributed by atoms with E-state index in [1.807, 2.05) is 6.08 Å². The number of carbonyl (C=O) groups is 1. The van der Waals surface area contributed by atoms with E-state index in [-0.39, 0.29) is 0 Å². The zero-order valence-corrected chi connectivity index (χ0v) is 6.75. The highest BCUT2D eigenvalue weighted by molar-refractivity contribution is 5.64. The Bertz CT molecular complexity index is 169. The SMILES string of the molecule is O=CC=C=CC1CCCCC1. The standard InChI is InChI=1S/C10H14O/c11-9-5-4-8-10-6-2-1-3-7-10/h5,8-10H,1-3,6-7H2. The van der Waals surface area contributed by atoms with Gasteiger partial charge in [-0.15, -0.1) is 5.73 Å². The van der Waals surface area contributed by atoms with Crippen LogP contribution in [-0.2, 0) is 4.79 Å². The van der Waals surface area contributed by atoms with Gasteiger partial charge < -0.3 is 0 Å². The summed E-state index contributed by atoms with van der Waals surface area (Å²) in [4.78, 5) is 9.91. The molecule has 0 amide bonds. The topological polar surface area (TPSA) is 17.1 Å². The van der Waals surface area contributed by atoms with Gasteiger partial charge in [-0.1, -0.05) is 19.3 Å². The van der Waals surface area contributed by atoms with Gasteiger partial charge in [0.2, 0.25) is 0 Å². The molecule has 0 bridgehead atoms. The van der Waals surface area contributed by atoms with Crippen molar-refractivity contribution >= 4 is 6.29 Å². The Morgan fingerprint density at radius 3 is 2.55 bits per heavy atom. The van der Waals surface area contributed by atoms with Crippen molar-refractivity contribution in [3.8, 4) is 0 Å². The Labute approximate surface area is 67.8 Å². The number of rotatable bonds is 2. The minimum atomic E-state index is 0.681. The van der Waals surface area contributed by atoms with Crippen molar-refractivity contribution in [3.05, 3.63) is 17.9 Å². The molecule has 1 heteroatoms. The minimum Gasteiger partial charge on any atom is -0.298 e. The van der Waals surface area contributed by atoms with Crippen molar-refractivity contribution in [2.24, 2.45) is 5.92 Å². The smallest absolute Gasteiger partial charge is 0.150 e. The van der Waals surface area contributed by atoms with Gasteiger partial charge in [0.1, 0.15) is 0 Å². The van der Waals surface area contributed by atoms with E-state index in [0.717, 1.165) is 6.29 Å². The van der Waals surface area contributed by atoms with Gasteiger partial charge in [-0.3, -0.25) is 4.79 Å². The predicted molar refractivity (Wildman–Crippen MR) is 45.3 cm³/mol. The van der Waals surface area contributed by atoms with Gasteiger partial charge >= 0.3 is 0 Å². The largest absolute Gasteiger partial charge is 0.298 e. The third-order valence-electron chi connectivity index (χ3n) is 2.15. The van der Waals surface area contributed by atoms with Crippen LogP contribution in [-0.4, -0.2) is 6.29 Å². The van der Waals surface area contributed by atoms with Crippen molar-refractivity contribution in [2.75, 3.05) is 0 Å². The van der Waals surface area contributed by atoms with E-state index in [2.05, 4.69) is 5.73 Å². The molecule has 0 aliphatic heterocycles. The van der Waals surface area contributed by atoms with E-state index in [4.69, 9.17) is 0 Å². The molecule has 0 saturated heterocycles. The summed E-state index contributed by atoms with van der Waals surface area (Å²) >= 11 is 0. The first kappa shape index (κ1) is 8.29. The van der Waals surface area contributed by atoms with Crippen molar-refractivity contribution in [1.82, 2.24) is 0 Å². The fraction of sp³-hybridized carbons (Fsp3) is 0.600. The fourth-order valence-electron chi connectivity index (χ4n) is 1.53. The van der Waals surface area contributed by atoms with Gasteiger partial charge in [0.05, 0.1) is 0 Å². The highest BCUT2D eigenvalue weighted by Gasteiger charge is 2.08. The van der Waals surface area contributed by atoms with E-state index in [9.17, 15) is 4.79 Å². The molecule has 1 aliphatic rings. The number of aldehydes is 1. The maximum Gasteiger partial charge on any atom is 0.150 e. The molecule has 1 aliphatic carbocycles. The van der Waals surface area contributed by atoms with E-state index >= 15 is 0 Å². The van der Waals surface area contributed by atoms with Crippen LogP contribution in [0.5, 0.6) is 0 Å². The predicted octanol–water partition coefficient (Wildman–Crippen LogP) is 2.48. The third-order valence-corrected chi connectivity index (χ3v) is 2.15. The summed E-state index contributed by atoms with van der Waals surface area (Å²) in [6.07, 6.45) is 10.9. The van der Waals surface area contributed by atoms with Crippen molar-refractivity contribution in [1.29, 1.82) is 0 Å². The number of hydrogen-bond acceptors (Lipinski definition) is 1. The molecule has 0 spiro atoms. The van der Waals surface area contributed by atoms with Crippen LogP contribution in [0.25, 0.3) is 0 Å². The van der Waals surface area contributed by atoms with E-state index in [1.54, 1.807) is 0 Å². The molecule has 11 heavy (non-hydrogen) atoms.